The number of anilines is 1. The van der Waals surface area contributed by atoms with E-state index in [4.69, 9.17) is 16.3 Å². The number of halogens is 1. The Morgan fingerprint density at radius 2 is 1.96 bits per heavy atom. The molecule has 0 saturated carbocycles. The monoisotopic (exact) mass is 424 g/mol. The van der Waals surface area contributed by atoms with Crippen molar-refractivity contribution in [2.24, 2.45) is 0 Å². The Balaban J connectivity index is 2.29. The molecule has 0 saturated heterocycles. The number of carbonyl (C=O) groups is 1. The number of sulfonamides is 1. The SMILES string of the molecule is CCC(C(=O)NCc1cccc(C)c1)N(c1ccc(OC)c(Cl)c1)S(C)(=O)=O. The number of nitrogens with zero attached hydrogens (tertiary/aromatic N) is 1. The highest BCUT2D eigenvalue weighted by atomic mass is 35.5. The topological polar surface area (TPSA) is 75.7 Å². The number of amides is 1. The van der Waals surface area contributed by atoms with Crippen LogP contribution in [0, 0.1) is 6.92 Å². The Kier molecular flexibility index (Phi) is 7.32. The van der Waals surface area contributed by atoms with Gasteiger partial charge in [-0.15, -0.1) is 0 Å². The summed E-state index contributed by atoms with van der Waals surface area (Å²) in [4.78, 5) is 12.8. The average molecular weight is 425 g/mol. The number of methoxy groups -OCH3 is 1. The van der Waals surface area contributed by atoms with E-state index in [1.165, 1.54) is 13.2 Å². The molecule has 2 aromatic carbocycles. The second-order valence-electron chi connectivity index (χ2n) is 6.51. The fourth-order valence-corrected chi connectivity index (χ4v) is 4.44. The lowest BCUT2D eigenvalue weighted by Crippen LogP contribution is -2.49. The summed E-state index contributed by atoms with van der Waals surface area (Å²) in [5.74, 6) is 0.0530. The Hall–Kier alpha value is -2.25. The molecule has 1 N–H and O–H groups in total. The summed E-state index contributed by atoms with van der Waals surface area (Å²) in [6.45, 7) is 4.05. The van der Waals surface area contributed by atoms with E-state index in [1.807, 2.05) is 31.2 Å². The summed E-state index contributed by atoms with van der Waals surface area (Å²) in [7, 11) is -2.25. The van der Waals surface area contributed by atoms with Crippen LogP contribution in [0.25, 0.3) is 0 Å². The smallest absolute Gasteiger partial charge is 0.244 e. The minimum absolute atomic E-state index is 0.267. The van der Waals surface area contributed by atoms with E-state index in [9.17, 15) is 13.2 Å². The number of rotatable bonds is 8. The van der Waals surface area contributed by atoms with Crippen molar-refractivity contribution in [3.05, 3.63) is 58.6 Å². The molecule has 0 aromatic heterocycles. The van der Waals surface area contributed by atoms with Gasteiger partial charge in [0, 0.05) is 6.54 Å². The lowest BCUT2D eigenvalue weighted by atomic mass is 10.1. The molecule has 0 heterocycles. The molecule has 1 atom stereocenters. The van der Waals surface area contributed by atoms with Crippen LogP contribution in [-0.4, -0.2) is 33.7 Å². The number of ether oxygens (including phenoxy) is 1. The van der Waals surface area contributed by atoms with Crippen molar-refractivity contribution in [3.8, 4) is 5.75 Å². The van der Waals surface area contributed by atoms with Gasteiger partial charge in [0.15, 0.2) is 0 Å². The molecule has 1 amide bonds. The first-order valence-electron chi connectivity index (χ1n) is 8.83. The molecule has 8 heteroatoms. The zero-order valence-corrected chi connectivity index (χ0v) is 18.0. The van der Waals surface area contributed by atoms with Gasteiger partial charge in [0.1, 0.15) is 11.8 Å². The minimum Gasteiger partial charge on any atom is -0.495 e. The molecule has 2 aromatic rings. The third-order valence-electron chi connectivity index (χ3n) is 4.27. The van der Waals surface area contributed by atoms with Crippen molar-refractivity contribution in [3.63, 3.8) is 0 Å². The van der Waals surface area contributed by atoms with Gasteiger partial charge in [-0.05, 0) is 37.1 Å². The molecule has 0 aliphatic carbocycles. The highest BCUT2D eigenvalue weighted by Crippen LogP contribution is 2.31. The van der Waals surface area contributed by atoms with Gasteiger partial charge in [-0.3, -0.25) is 9.10 Å². The number of carbonyl (C=O) groups excluding carboxylic acids is 1. The summed E-state index contributed by atoms with van der Waals surface area (Å²) in [6, 6.07) is 11.5. The van der Waals surface area contributed by atoms with Crippen molar-refractivity contribution in [2.45, 2.75) is 32.9 Å². The molecule has 0 spiro atoms. The molecule has 0 aliphatic heterocycles. The molecule has 1 unspecified atom stereocenters. The van der Waals surface area contributed by atoms with Crippen molar-refractivity contribution in [2.75, 3.05) is 17.7 Å². The first kappa shape index (κ1) is 22.0. The molecule has 0 fully saturated rings. The Morgan fingerprint density at radius 1 is 1.25 bits per heavy atom. The van der Waals surface area contributed by atoms with E-state index in [0.717, 1.165) is 21.7 Å². The fraction of sp³-hybridized carbons (Fsp3) is 0.350. The fourth-order valence-electron chi connectivity index (χ4n) is 2.98. The maximum atomic E-state index is 12.8. The van der Waals surface area contributed by atoms with E-state index < -0.39 is 16.1 Å². The van der Waals surface area contributed by atoms with E-state index in [0.29, 0.717) is 24.4 Å². The second-order valence-corrected chi connectivity index (χ2v) is 8.78. The van der Waals surface area contributed by atoms with Gasteiger partial charge in [-0.25, -0.2) is 8.42 Å². The van der Waals surface area contributed by atoms with Gasteiger partial charge >= 0.3 is 0 Å². The molecule has 152 valence electrons. The molecule has 0 aliphatic rings. The van der Waals surface area contributed by atoms with Crippen LogP contribution in [0.2, 0.25) is 5.02 Å². The van der Waals surface area contributed by atoms with Crippen LogP contribution in [0.15, 0.2) is 42.5 Å². The largest absolute Gasteiger partial charge is 0.495 e. The second kappa shape index (κ2) is 9.30. The minimum atomic E-state index is -3.73. The quantitative estimate of drug-likeness (QED) is 0.703. The van der Waals surface area contributed by atoms with Crippen LogP contribution < -0.4 is 14.4 Å². The highest BCUT2D eigenvalue weighted by Gasteiger charge is 2.31. The molecular formula is C20H25ClN2O4S. The molecule has 0 bridgehead atoms. The van der Waals surface area contributed by atoms with Gasteiger partial charge in [-0.1, -0.05) is 48.4 Å². The first-order chi connectivity index (χ1) is 13.2. The van der Waals surface area contributed by atoms with Gasteiger partial charge in [0.25, 0.3) is 0 Å². The summed E-state index contributed by atoms with van der Waals surface area (Å²) in [5.41, 5.74) is 2.34. The van der Waals surface area contributed by atoms with E-state index >= 15 is 0 Å². The molecular weight excluding hydrogens is 400 g/mol. The standard InChI is InChI=1S/C20H25ClN2O4S/c1-5-18(20(24)22-13-15-8-6-7-14(2)11-15)23(28(4,25)26)16-9-10-19(27-3)17(21)12-16/h6-12,18H,5,13H2,1-4H3,(H,22,24). The van der Waals surface area contributed by atoms with Crippen molar-refractivity contribution < 1.29 is 17.9 Å². The lowest BCUT2D eigenvalue weighted by molar-refractivity contribution is -0.122. The molecule has 28 heavy (non-hydrogen) atoms. The van der Waals surface area contributed by atoms with Crippen LogP contribution in [0.4, 0.5) is 5.69 Å². The molecule has 6 nitrogen and oxygen atoms in total. The third kappa shape index (κ3) is 5.39. The van der Waals surface area contributed by atoms with E-state index in [2.05, 4.69) is 5.32 Å². The number of hydrogen-bond acceptors (Lipinski definition) is 4. The van der Waals surface area contributed by atoms with Crippen LogP contribution in [0.1, 0.15) is 24.5 Å². The Bertz CT molecular complexity index is 947. The van der Waals surface area contributed by atoms with E-state index in [-0.39, 0.29) is 10.9 Å². The van der Waals surface area contributed by atoms with Crippen LogP contribution in [0.5, 0.6) is 5.75 Å². The summed E-state index contributed by atoms with van der Waals surface area (Å²) in [6.07, 6.45) is 1.37. The number of nitrogens with one attached hydrogen (secondary N) is 1. The normalized spacial score (nSPS) is 12.3. The molecule has 0 radical (unpaired) electrons. The zero-order chi connectivity index (χ0) is 20.9. The van der Waals surface area contributed by atoms with E-state index in [1.54, 1.807) is 19.1 Å². The Labute approximate surface area is 171 Å². The summed E-state index contributed by atoms with van der Waals surface area (Å²) < 4.78 is 31.2. The van der Waals surface area contributed by atoms with Crippen molar-refractivity contribution >= 4 is 33.2 Å². The van der Waals surface area contributed by atoms with Crippen molar-refractivity contribution in [1.82, 2.24) is 5.32 Å². The lowest BCUT2D eigenvalue weighted by Gasteiger charge is -2.30. The van der Waals surface area contributed by atoms with Gasteiger partial charge in [0.05, 0.1) is 24.1 Å². The number of aryl methyl sites for hydroxylation is 1. The summed E-state index contributed by atoms with van der Waals surface area (Å²) in [5, 5.41) is 3.10. The van der Waals surface area contributed by atoms with Crippen LogP contribution >= 0.6 is 11.6 Å². The van der Waals surface area contributed by atoms with Gasteiger partial charge < -0.3 is 10.1 Å². The summed E-state index contributed by atoms with van der Waals surface area (Å²) >= 11 is 6.16. The zero-order valence-electron chi connectivity index (χ0n) is 16.4. The maximum Gasteiger partial charge on any atom is 0.244 e. The van der Waals surface area contributed by atoms with Crippen LogP contribution in [0.3, 0.4) is 0 Å². The van der Waals surface area contributed by atoms with Crippen molar-refractivity contribution in [1.29, 1.82) is 0 Å². The molecule has 2 rings (SSSR count). The Morgan fingerprint density at radius 3 is 2.50 bits per heavy atom. The highest BCUT2D eigenvalue weighted by molar-refractivity contribution is 7.92. The predicted octanol–water partition coefficient (Wildman–Crippen LogP) is 3.52. The predicted molar refractivity (Wildman–Crippen MR) is 112 cm³/mol. The number of benzene rings is 2. The van der Waals surface area contributed by atoms with Gasteiger partial charge in [0.2, 0.25) is 15.9 Å². The number of hydrogen-bond donors (Lipinski definition) is 1. The first-order valence-corrected chi connectivity index (χ1v) is 11.1. The van der Waals surface area contributed by atoms with Crippen LogP contribution in [-0.2, 0) is 21.4 Å². The average Bonchev–Trinajstić information content (AvgIpc) is 2.63. The third-order valence-corrected chi connectivity index (χ3v) is 5.74. The maximum absolute atomic E-state index is 12.8. The van der Waals surface area contributed by atoms with Gasteiger partial charge in [-0.2, -0.15) is 0 Å².